The Kier molecular flexibility index (Phi) is 8.63. The van der Waals surface area contributed by atoms with Crippen molar-refractivity contribution in [1.29, 1.82) is 0 Å². The highest BCUT2D eigenvalue weighted by molar-refractivity contribution is 15.0. The first kappa shape index (κ1) is 15.7. The van der Waals surface area contributed by atoms with Crippen LogP contribution in [0.4, 0.5) is 0 Å². The standard InChI is InChI=1S/C11H12O3.I2/c1-8(12)10(7-14-2)9-5-3-4-6-11(9)13;1-2/h3-7,13H,1-2H3;/b10-7-;. The number of aromatic hydroxyl groups is 1. The van der Waals surface area contributed by atoms with Gasteiger partial charge >= 0.3 is 0 Å². The molecule has 3 nitrogen and oxygen atoms in total. The molecule has 0 atom stereocenters. The van der Waals surface area contributed by atoms with E-state index in [0.717, 1.165) is 0 Å². The Morgan fingerprint density at radius 1 is 1.38 bits per heavy atom. The molecule has 0 aliphatic carbocycles. The number of carbonyl (C=O) groups is 1. The third-order valence-electron chi connectivity index (χ3n) is 1.81. The number of Topliss-reactive ketones (excluding diaryl/α,β-unsaturated/α-hetero) is 1. The van der Waals surface area contributed by atoms with Gasteiger partial charge in [-0.2, -0.15) is 0 Å². The molecule has 0 saturated carbocycles. The molecule has 0 spiro atoms. The predicted molar refractivity (Wildman–Crippen MR) is 81.8 cm³/mol. The van der Waals surface area contributed by atoms with E-state index in [1.54, 1.807) is 18.2 Å². The number of para-hydroxylation sites is 1. The lowest BCUT2D eigenvalue weighted by molar-refractivity contribution is -0.111. The molecule has 0 aliphatic heterocycles. The summed E-state index contributed by atoms with van der Waals surface area (Å²) in [6, 6.07) is 6.65. The van der Waals surface area contributed by atoms with Crippen LogP contribution in [0, 0.1) is 0 Å². The molecule has 0 heterocycles. The van der Waals surface area contributed by atoms with Gasteiger partial charge in [-0.3, -0.25) is 4.79 Å². The average Bonchev–Trinajstić information content (AvgIpc) is 2.29. The van der Waals surface area contributed by atoms with E-state index in [-0.39, 0.29) is 11.5 Å². The summed E-state index contributed by atoms with van der Waals surface area (Å²) in [5.41, 5.74) is 0.854. The highest BCUT2D eigenvalue weighted by Gasteiger charge is 2.10. The molecular weight excluding hydrogens is 434 g/mol. The molecular formula is C11H12I2O3. The van der Waals surface area contributed by atoms with Crippen molar-refractivity contribution in [3.63, 3.8) is 0 Å². The molecule has 0 radical (unpaired) electrons. The minimum Gasteiger partial charge on any atom is -0.507 e. The van der Waals surface area contributed by atoms with E-state index < -0.39 is 0 Å². The first-order valence-electron chi connectivity index (χ1n) is 4.33. The average molecular weight is 446 g/mol. The number of benzene rings is 1. The fourth-order valence-corrected chi connectivity index (χ4v) is 1.16. The first-order valence-corrected chi connectivity index (χ1v) is 10.6. The molecule has 1 N–H and O–H groups in total. The zero-order chi connectivity index (χ0) is 12.6. The number of methoxy groups -OCH3 is 1. The van der Waals surface area contributed by atoms with Crippen LogP contribution in [-0.4, -0.2) is 18.0 Å². The van der Waals surface area contributed by atoms with Gasteiger partial charge in [-0.15, -0.1) is 0 Å². The number of phenols is 1. The number of ketones is 1. The fourth-order valence-electron chi connectivity index (χ4n) is 1.16. The first-order chi connectivity index (χ1) is 7.66. The van der Waals surface area contributed by atoms with Crippen LogP contribution >= 0.6 is 37.2 Å². The van der Waals surface area contributed by atoms with Gasteiger partial charge in [0.15, 0.2) is 5.78 Å². The van der Waals surface area contributed by atoms with Crippen LogP contribution in [0.25, 0.3) is 5.57 Å². The van der Waals surface area contributed by atoms with Gasteiger partial charge in [0.05, 0.1) is 18.9 Å². The topological polar surface area (TPSA) is 46.5 Å². The number of carbonyl (C=O) groups excluding carboxylic acids is 1. The van der Waals surface area contributed by atoms with Gasteiger partial charge < -0.3 is 9.84 Å². The van der Waals surface area contributed by atoms with Gasteiger partial charge in [0.25, 0.3) is 0 Å². The Labute approximate surface area is 118 Å². The summed E-state index contributed by atoms with van der Waals surface area (Å²) in [6.07, 6.45) is 1.33. The van der Waals surface area contributed by atoms with Crippen molar-refractivity contribution in [2.45, 2.75) is 6.92 Å². The largest absolute Gasteiger partial charge is 0.507 e. The third-order valence-corrected chi connectivity index (χ3v) is 1.81. The van der Waals surface area contributed by atoms with Crippen LogP contribution < -0.4 is 0 Å². The molecule has 0 fully saturated rings. The van der Waals surface area contributed by atoms with Crippen molar-refractivity contribution in [1.82, 2.24) is 0 Å². The van der Waals surface area contributed by atoms with Crippen LogP contribution in [0.3, 0.4) is 0 Å². The number of allylic oxidation sites excluding steroid dienone is 1. The van der Waals surface area contributed by atoms with Crippen molar-refractivity contribution < 1.29 is 14.6 Å². The van der Waals surface area contributed by atoms with Crippen LogP contribution in [0.2, 0.25) is 0 Å². The molecule has 88 valence electrons. The van der Waals surface area contributed by atoms with E-state index in [4.69, 9.17) is 4.74 Å². The summed E-state index contributed by atoms with van der Waals surface area (Å²) in [5.74, 6) is -0.0700. The van der Waals surface area contributed by atoms with Crippen molar-refractivity contribution in [3.8, 4) is 5.75 Å². The van der Waals surface area contributed by atoms with Gasteiger partial charge in [0.2, 0.25) is 0 Å². The van der Waals surface area contributed by atoms with E-state index in [9.17, 15) is 9.90 Å². The third kappa shape index (κ3) is 4.69. The van der Waals surface area contributed by atoms with Gasteiger partial charge in [0, 0.05) is 42.8 Å². The zero-order valence-corrected chi connectivity index (χ0v) is 13.2. The van der Waals surface area contributed by atoms with Gasteiger partial charge in [-0.05, 0) is 13.0 Å². The fraction of sp³-hybridized carbons (Fsp3) is 0.182. The molecule has 0 aromatic heterocycles. The molecule has 0 amide bonds. The minimum atomic E-state index is -0.145. The second kappa shape index (κ2) is 8.80. The summed E-state index contributed by atoms with van der Waals surface area (Å²) in [5, 5.41) is 9.51. The number of phenolic OH excluding ortho intramolecular Hbond substituents is 1. The Morgan fingerprint density at radius 2 is 1.94 bits per heavy atom. The number of hydrogen-bond acceptors (Lipinski definition) is 3. The number of ether oxygens (including phenoxy) is 1. The summed E-state index contributed by atoms with van der Waals surface area (Å²) in [7, 11) is 1.46. The van der Waals surface area contributed by atoms with Crippen molar-refractivity contribution in [3.05, 3.63) is 36.1 Å². The molecule has 16 heavy (non-hydrogen) atoms. The van der Waals surface area contributed by atoms with Crippen LogP contribution in [0.1, 0.15) is 12.5 Å². The van der Waals surface area contributed by atoms with Crippen molar-refractivity contribution >= 4 is 48.6 Å². The molecule has 0 aliphatic rings. The smallest absolute Gasteiger partial charge is 0.163 e. The Balaban J connectivity index is 0.00000106. The zero-order valence-electron chi connectivity index (χ0n) is 8.91. The van der Waals surface area contributed by atoms with Crippen LogP contribution in [-0.2, 0) is 9.53 Å². The van der Waals surface area contributed by atoms with E-state index in [0.29, 0.717) is 11.1 Å². The summed E-state index contributed by atoms with van der Waals surface area (Å²) in [6.45, 7) is 1.43. The number of rotatable bonds is 3. The number of hydrogen-bond donors (Lipinski definition) is 1. The molecule has 0 bridgehead atoms. The van der Waals surface area contributed by atoms with E-state index >= 15 is 0 Å². The van der Waals surface area contributed by atoms with Gasteiger partial charge in [-0.25, -0.2) is 0 Å². The van der Waals surface area contributed by atoms with Crippen LogP contribution in [0.15, 0.2) is 30.5 Å². The molecule has 1 aromatic rings. The SMILES string of the molecule is CO/C=C(/C(C)=O)c1ccccc1O.II. The Bertz CT molecular complexity index is 375. The molecule has 0 saturated heterocycles. The van der Waals surface area contributed by atoms with Crippen molar-refractivity contribution in [2.24, 2.45) is 0 Å². The minimum absolute atomic E-state index is 0.0750. The molecule has 5 heteroatoms. The highest BCUT2D eigenvalue weighted by Crippen LogP contribution is 2.24. The molecule has 0 unspecified atom stereocenters. The molecule has 1 rings (SSSR count). The summed E-state index contributed by atoms with van der Waals surface area (Å²) in [4.78, 5) is 11.2. The van der Waals surface area contributed by atoms with Crippen LogP contribution in [0.5, 0.6) is 5.75 Å². The molecule has 1 aromatic carbocycles. The maximum Gasteiger partial charge on any atom is 0.163 e. The predicted octanol–water partition coefficient (Wildman–Crippen LogP) is 3.74. The highest BCUT2D eigenvalue weighted by atomic mass is 128. The second-order valence-corrected chi connectivity index (χ2v) is 2.84. The van der Waals surface area contributed by atoms with Gasteiger partial charge in [0.1, 0.15) is 5.75 Å². The van der Waals surface area contributed by atoms with Gasteiger partial charge in [-0.1, -0.05) is 18.2 Å². The maximum atomic E-state index is 11.2. The lowest BCUT2D eigenvalue weighted by Crippen LogP contribution is -1.96. The lowest BCUT2D eigenvalue weighted by atomic mass is 10.0. The normalized spacial score (nSPS) is 10.1. The van der Waals surface area contributed by atoms with Crippen molar-refractivity contribution in [2.75, 3.05) is 7.11 Å². The van der Waals surface area contributed by atoms with E-state index in [1.807, 2.05) is 0 Å². The van der Waals surface area contributed by atoms with E-state index in [2.05, 4.69) is 37.2 Å². The Morgan fingerprint density at radius 3 is 2.38 bits per heavy atom. The summed E-state index contributed by atoms with van der Waals surface area (Å²) < 4.78 is 4.78. The monoisotopic (exact) mass is 446 g/mol. The second-order valence-electron chi connectivity index (χ2n) is 2.84. The lowest BCUT2D eigenvalue weighted by Gasteiger charge is -2.05. The Hall–Kier alpha value is -0.310. The quantitative estimate of drug-likeness (QED) is 0.438. The van der Waals surface area contributed by atoms with E-state index in [1.165, 1.54) is 26.4 Å². The maximum absolute atomic E-state index is 11.2. The summed E-state index contributed by atoms with van der Waals surface area (Å²) >= 11 is 4.24. The number of halogens is 2.